The molecule has 0 rings (SSSR count). The highest BCUT2D eigenvalue weighted by molar-refractivity contribution is 6.29. The molecule has 1 unspecified atom stereocenters. The van der Waals surface area contributed by atoms with Crippen molar-refractivity contribution in [3.63, 3.8) is 0 Å². The molecule has 0 aromatic carbocycles. The van der Waals surface area contributed by atoms with Crippen LogP contribution in [0.25, 0.3) is 0 Å². The number of nitrogens with one attached hydrogen (secondary N) is 1. The first kappa shape index (κ1) is 10.3. The standard InChI is InChI=1S/C6H12ClN3O/c1-4(7)3-9-5(2)6(8)10-11/h5,9,11H,1,3H2,2H3,(H2,8,10). The molecule has 11 heavy (non-hydrogen) atoms. The van der Waals surface area contributed by atoms with Gasteiger partial charge in [0.1, 0.15) is 0 Å². The Morgan fingerprint density at radius 1 is 1.91 bits per heavy atom. The van der Waals surface area contributed by atoms with Crippen molar-refractivity contribution in [3.8, 4) is 0 Å². The maximum Gasteiger partial charge on any atom is 0.156 e. The molecule has 0 fully saturated rings. The molecule has 0 aliphatic carbocycles. The summed E-state index contributed by atoms with van der Waals surface area (Å²) in [5.74, 6) is 0.128. The topological polar surface area (TPSA) is 70.6 Å². The second-order valence-corrected chi connectivity index (χ2v) is 2.68. The second-order valence-electron chi connectivity index (χ2n) is 2.14. The zero-order valence-corrected chi connectivity index (χ0v) is 7.10. The van der Waals surface area contributed by atoms with Crippen LogP contribution in [0.1, 0.15) is 6.92 Å². The average molecular weight is 178 g/mol. The van der Waals surface area contributed by atoms with E-state index in [9.17, 15) is 0 Å². The number of hydrogen-bond acceptors (Lipinski definition) is 3. The Bertz CT molecular complexity index is 169. The quantitative estimate of drug-likeness (QED) is 0.253. The van der Waals surface area contributed by atoms with Crippen LogP contribution in [0.15, 0.2) is 16.8 Å². The monoisotopic (exact) mass is 177 g/mol. The molecule has 0 bridgehead atoms. The lowest BCUT2D eigenvalue weighted by atomic mass is 10.3. The minimum absolute atomic E-state index is 0.128. The summed E-state index contributed by atoms with van der Waals surface area (Å²) >= 11 is 5.47. The van der Waals surface area contributed by atoms with Gasteiger partial charge in [-0.1, -0.05) is 23.3 Å². The highest BCUT2D eigenvalue weighted by Gasteiger charge is 2.05. The minimum atomic E-state index is -0.199. The Balaban J connectivity index is 3.69. The van der Waals surface area contributed by atoms with Gasteiger partial charge in [-0.05, 0) is 6.92 Å². The first-order chi connectivity index (χ1) is 5.07. The van der Waals surface area contributed by atoms with Crippen LogP contribution in [-0.2, 0) is 0 Å². The van der Waals surface area contributed by atoms with E-state index in [1.165, 1.54) is 0 Å². The van der Waals surface area contributed by atoms with Gasteiger partial charge in [0.2, 0.25) is 0 Å². The third kappa shape index (κ3) is 4.64. The molecule has 0 aliphatic heterocycles. The fourth-order valence-corrected chi connectivity index (χ4v) is 0.532. The number of oxime groups is 1. The van der Waals surface area contributed by atoms with Crippen molar-refractivity contribution in [3.05, 3.63) is 11.6 Å². The van der Waals surface area contributed by atoms with E-state index in [1.54, 1.807) is 6.92 Å². The molecular weight excluding hydrogens is 166 g/mol. The van der Waals surface area contributed by atoms with Crippen molar-refractivity contribution in [2.24, 2.45) is 10.9 Å². The van der Waals surface area contributed by atoms with E-state index < -0.39 is 0 Å². The first-order valence-electron chi connectivity index (χ1n) is 3.12. The Labute approximate surface area is 70.7 Å². The van der Waals surface area contributed by atoms with Crippen molar-refractivity contribution in [2.75, 3.05) is 6.54 Å². The Morgan fingerprint density at radius 2 is 2.45 bits per heavy atom. The summed E-state index contributed by atoms with van der Waals surface area (Å²) in [6, 6.07) is -0.199. The fraction of sp³-hybridized carbons (Fsp3) is 0.500. The highest BCUT2D eigenvalue weighted by Crippen LogP contribution is 1.93. The molecule has 0 aliphatic rings. The molecule has 0 saturated carbocycles. The summed E-state index contributed by atoms with van der Waals surface area (Å²) in [5, 5.41) is 14.4. The van der Waals surface area contributed by atoms with E-state index in [1.807, 2.05) is 0 Å². The summed E-state index contributed by atoms with van der Waals surface area (Å²) < 4.78 is 0. The van der Waals surface area contributed by atoms with Crippen LogP contribution in [0.2, 0.25) is 0 Å². The van der Waals surface area contributed by atoms with E-state index in [4.69, 9.17) is 22.5 Å². The van der Waals surface area contributed by atoms with Crippen LogP contribution < -0.4 is 11.1 Å². The molecule has 0 aromatic rings. The number of halogens is 1. The predicted octanol–water partition coefficient (Wildman–Crippen LogP) is 0.463. The van der Waals surface area contributed by atoms with Gasteiger partial charge in [-0.15, -0.1) is 0 Å². The average Bonchev–Trinajstić information content (AvgIpc) is 1.98. The van der Waals surface area contributed by atoms with Gasteiger partial charge in [0.05, 0.1) is 6.04 Å². The first-order valence-corrected chi connectivity index (χ1v) is 3.49. The van der Waals surface area contributed by atoms with Crippen LogP contribution >= 0.6 is 11.6 Å². The number of rotatable bonds is 4. The van der Waals surface area contributed by atoms with Gasteiger partial charge >= 0.3 is 0 Å². The summed E-state index contributed by atoms with van der Waals surface area (Å²) in [6.07, 6.45) is 0. The van der Waals surface area contributed by atoms with Crippen LogP contribution in [-0.4, -0.2) is 23.6 Å². The lowest BCUT2D eigenvalue weighted by Gasteiger charge is -2.10. The highest BCUT2D eigenvalue weighted by atomic mass is 35.5. The van der Waals surface area contributed by atoms with E-state index in [2.05, 4.69) is 17.1 Å². The van der Waals surface area contributed by atoms with Crippen molar-refractivity contribution in [2.45, 2.75) is 13.0 Å². The molecule has 1 atom stereocenters. The Hall–Kier alpha value is -0.740. The molecule has 0 saturated heterocycles. The van der Waals surface area contributed by atoms with Gasteiger partial charge in [-0.3, -0.25) is 0 Å². The molecule has 5 heteroatoms. The maximum atomic E-state index is 8.24. The third-order valence-corrected chi connectivity index (χ3v) is 1.29. The molecule has 4 nitrogen and oxygen atoms in total. The zero-order chi connectivity index (χ0) is 8.85. The largest absolute Gasteiger partial charge is 0.409 e. The summed E-state index contributed by atoms with van der Waals surface area (Å²) in [7, 11) is 0. The summed E-state index contributed by atoms with van der Waals surface area (Å²) in [4.78, 5) is 0. The molecule has 0 aromatic heterocycles. The minimum Gasteiger partial charge on any atom is -0.409 e. The van der Waals surface area contributed by atoms with Crippen LogP contribution in [0.3, 0.4) is 0 Å². The van der Waals surface area contributed by atoms with Crippen molar-refractivity contribution in [1.29, 1.82) is 0 Å². The van der Waals surface area contributed by atoms with E-state index >= 15 is 0 Å². The van der Waals surface area contributed by atoms with Gasteiger partial charge in [-0.25, -0.2) is 0 Å². The molecule has 0 spiro atoms. The summed E-state index contributed by atoms with van der Waals surface area (Å²) in [6.45, 7) is 5.67. The fourth-order valence-electron chi connectivity index (χ4n) is 0.455. The van der Waals surface area contributed by atoms with Crippen molar-refractivity contribution >= 4 is 17.4 Å². The lowest BCUT2D eigenvalue weighted by Crippen LogP contribution is -2.39. The van der Waals surface area contributed by atoms with Gasteiger partial charge in [0.15, 0.2) is 5.84 Å². The predicted molar refractivity (Wildman–Crippen MR) is 45.9 cm³/mol. The maximum absolute atomic E-state index is 8.24. The number of amidine groups is 1. The van der Waals surface area contributed by atoms with Crippen molar-refractivity contribution < 1.29 is 5.21 Å². The van der Waals surface area contributed by atoms with Crippen LogP contribution in [0, 0.1) is 0 Å². The van der Waals surface area contributed by atoms with Gasteiger partial charge in [-0.2, -0.15) is 0 Å². The van der Waals surface area contributed by atoms with Gasteiger partial charge in [0, 0.05) is 11.6 Å². The molecular formula is C6H12ClN3O. The van der Waals surface area contributed by atoms with E-state index in [-0.39, 0.29) is 11.9 Å². The molecule has 0 heterocycles. The normalized spacial score (nSPS) is 14.5. The van der Waals surface area contributed by atoms with Gasteiger partial charge < -0.3 is 16.3 Å². The SMILES string of the molecule is C=C(Cl)CNC(C)/C(N)=N/O. The number of nitrogens with two attached hydrogens (primary N) is 1. The number of hydrogen-bond donors (Lipinski definition) is 3. The Morgan fingerprint density at radius 3 is 2.82 bits per heavy atom. The summed E-state index contributed by atoms with van der Waals surface area (Å²) in [5.41, 5.74) is 5.27. The lowest BCUT2D eigenvalue weighted by molar-refractivity contribution is 0.315. The molecule has 64 valence electrons. The van der Waals surface area contributed by atoms with E-state index in [0.717, 1.165) is 0 Å². The third-order valence-electron chi connectivity index (χ3n) is 1.16. The van der Waals surface area contributed by atoms with Gasteiger partial charge in [0.25, 0.3) is 0 Å². The second kappa shape index (κ2) is 4.98. The molecule has 4 N–H and O–H groups in total. The van der Waals surface area contributed by atoms with E-state index in [0.29, 0.717) is 11.6 Å². The van der Waals surface area contributed by atoms with Crippen LogP contribution in [0.5, 0.6) is 0 Å². The number of nitrogens with zero attached hydrogens (tertiary/aromatic N) is 1. The van der Waals surface area contributed by atoms with Crippen molar-refractivity contribution in [1.82, 2.24) is 5.32 Å². The molecule has 0 amide bonds. The van der Waals surface area contributed by atoms with Crippen LogP contribution in [0.4, 0.5) is 0 Å². The Kier molecular flexibility index (Phi) is 4.65. The zero-order valence-electron chi connectivity index (χ0n) is 6.34. The smallest absolute Gasteiger partial charge is 0.156 e. The molecule has 0 radical (unpaired) electrons.